The van der Waals surface area contributed by atoms with Crippen LogP contribution in [0.15, 0.2) is 66.9 Å². The lowest BCUT2D eigenvalue weighted by Crippen LogP contribution is -2.29. The van der Waals surface area contributed by atoms with Gasteiger partial charge in [0.25, 0.3) is 5.91 Å². The van der Waals surface area contributed by atoms with Crippen LogP contribution in [-0.2, 0) is 16.2 Å². The predicted molar refractivity (Wildman–Crippen MR) is 134 cm³/mol. The average Bonchev–Trinajstić information content (AvgIpc) is 2.90. The normalized spacial score (nSPS) is 11.0. The molecule has 0 saturated heterocycles. The first kappa shape index (κ1) is 30.1. The fraction of sp³-hybridized carbons (Fsp3) is 0.240. The third kappa shape index (κ3) is 9.06. The third-order valence-electron chi connectivity index (χ3n) is 4.77. The second kappa shape index (κ2) is 13.4. The molecule has 1 aromatic heterocycles. The van der Waals surface area contributed by atoms with Gasteiger partial charge in [0.2, 0.25) is 10.0 Å². The van der Waals surface area contributed by atoms with Gasteiger partial charge in [0.05, 0.1) is 36.2 Å². The minimum atomic E-state index is -4.48. The van der Waals surface area contributed by atoms with Crippen LogP contribution >= 0.6 is 0 Å². The van der Waals surface area contributed by atoms with Crippen LogP contribution < -0.4 is 19.1 Å². The summed E-state index contributed by atoms with van der Waals surface area (Å²) in [6, 6.07) is 17.6. The Morgan fingerprint density at radius 3 is 2.34 bits per heavy atom. The van der Waals surface area contributed by atoms with Gasteiger partial charge in [-0.05, 0) is 36.4 Å². The molecule has 1 heterocycles. The minimum Gasteiger partial charge on any atom is -0.495 e. The zero-order valence-corrected chi connectivity index (χ0v) is 21.5. The molecule has 0 aliphatic rings. The molecule has 9 nitrogen and oxygen atoms in total. The number of pyridine rings is 1. The number of hydrogen-bond donors (Lipinski definition) is 1. The summed E-state index contributed by atoms with van der Waals surface area (Å²) in [7, 11) is -0.0817. The van der Waals surface area contributed by atoms with Crippen LogP contribution in [0.4, 0.5) is 18.9 Å². The molecule has 3 rings (SSSR count). The van der Waals surface area contributed by atoms with Gasteiger partial charge in [-0.2, -0.15) is 18.4 Å². The summed E-state index contributed by atoms with van der Waals surface area (Å²) >= 11 is 0. The van der Waals surface area contributed by atoms with Crippen molar-refractivity contribution in [3.8, 4) is 17.6 Å². The zero-order chi connectivity index (χ0) is 28.3. The standard InChI is InChI=1S/C18H22N2O5S.C7H3F3N2/c1-20(15-9-5-7-11-17(15)24-2)18(21)14-8-4-6-10-16(14)25-13-12-19-26(3,22)23;8-7(9,10)6-3-5(4-11)1-2-12-6/h4-11,19H,12-13H2,1-3H3;1-3H. The Bertz CT molecular complexity index is 1390. The highest BCUT2D eigenvalue weighted by Crippen LogP contribution is 2.30. The summed E-state index contributed by atoms with van der Waals surface area (Å²) < 4.78 is 71.2. The summed E-state index contributed by atoms with van der Waals surface area (Å²) in [5.41, 5.74) is -0.0762. The molecule has 202 valence electrons. The summed E-state index contributed by atoms with van der Waals surface area (Å²) in [5.74, 6) is 0.704. The Labute approximate surface area is 218 Å². The molecular weight excluding hydrogens is 525 g/mol. The summed E-state index contributed by atoms with van der Waals surface area (Å²) in [4.78, 5) is 17.5. The molecule has 0 radical (unpaired) electrons. The maximum Gasteiger partial charge on any atom is 0.433 e. The number of amides is 1. The number of nitrogens with zero attached hydrogens (tertiary/aromatic N) is 3. The molecule has 0 fully saturated rings. The number of carbonyl (C=O) groups is 1. The number of halogens is 3. The maximum absolute atomic E-state index is 12.9. The molecule has 0 spiro atoms. The first-order chi connectivity index (χ1) is 17.9. The number of anilines is 1. The van der Waals surface area contributed by atoms with Gasteiger partial charge < -0.3 is 14.4 Å². The molecular formula is C25H25F3N4O5S. The molecule has 0 unspecified atom stereocenters. The van der Waals surface area contributed by atoms with Gasteiger partial charge in [-0.1, -0.05) is 24.3 Å². The fourth-order valence-corrected chi connectivity index (χ4v) is 3.46. The van der Waals surface area contributed by atoms with Crippen LogP contribution in [-0.4, -0.2) is 52.9 Å². The van der Waals surface area contributed by atoms with Crippen LogP contribution in [0, 0.1) is 11.3 Å². The lowest BCUT2D eigenvalue weighted by atomic mass is 10.1. The highest BCUT2D eigenvalue weighted by molar-refractivity contribution is 7.88. The average molecular weight is 551 g/mol. The zero-order valence-electron chi connectivity index (χ0n) is 20.7. The summed E-state index contributed by atoms with van der Waals surface area (Å²) in [6.07, 6.45) is -2.44. The smallest absolute Gasteiger partial charge is 0.433 e. The van der Waals surface area contributed by atoms with E-state index in [0.29, 0.717) is 28.8 Å². The predicted octanol–water partition coefficient (Wildman–Crippen LogP) is 3.87. The van der Waals surface area contributed by atoms with Crippen LogP contribution in [0.1, 0.15) is 21.6 Å². The number of nitriles is 1. The number of aromatic nitrogens is 1. The molecule has 1 amide bonds. The number of nitrogens with one attached hydrogen (secondary N) is 1. The van der Waals surface area contributed by atoms with E-state index < -0.39 is 21.9 Å². The molecule has 0 aliphatic carbocycles. The van der Waals surface area contributed by atoms with Crippen molar-refractivity contribution in [3.05, 3.63) is 83.7 Å². The molecule has 38 heavy (non-hydrogen) atoms. The van der Waals surface area contributed by atoms with E-state index in [1.54, 1.807) is 56.6 Å². The molecule has 0 atom stereocenters. The van der Waals surface area contributed by atoms with Gasteiger partial charge in [0.1, 0.15) is 23.8 Å². The van der Waals surface area contributed by atoms with E-state index >= 15 is 0 Å². The van der Waals surface area contributed by atoms with E-state index in [2.05, 4.69) is 9.71 Å². The van der Waals surface area contributed by atoms with Crippen molar-refractivity contribution in [2.75, 3.05) is 38.5 Å². The van der Waals surface area contributed by atoms with Crippen LogP contribution in [0.5, 0.6) is 11.5 Å². The molecule has 2 aromatic carbocycles. The molecule has 1 N–H and O–H groups in total. The second-order valence-electron chi connectivity index (χ2n) is 7.59. The second-order valence-corrected chi connectivity index (χ2v) is 9.42. The van der Waals surface area contributed by atoms with Crippen molar-refractivity contribution in [3.63, 3.8) is 0 Å². The van der Waals surface area contributed by atoms with Crippen LogP contribution in [0.2, 0.25) is 0 Å². The molecule has 0 saturated carbocycles. The van der Waals surface area contributed by atoms with Crippen molar-refractivity contribution in [1.29, 1.82) is 5.26 Å². The van der Waals surface area contributed by atoms with Crippen molar-refractivity contribution in [2.45, 2.75) is 6.18 Å². The van der Waals surface area contributed by atoms with Gasteiger partial charge in [-0.25, -0.2) is 13.1 Å². The number of sulfonamides is 1. The summed E-state index contributed by atoms with van der Waals surface area (Å²) in [6.45, 7) is 0.222. The molecule has 0 bridgehead atoms. The number of ether oxygens (including phenoxy) is 2. The van der Waals surface area contributed by atoms with Crippen molar-refractivity contribution in [1.82, 2.24) is 9.71 Å². The van der Waals surface area contributed by atoms with Gasteiger partial charge in [-0.3, -0.25) is 9.78 Å². The number of methoxy groups -OCH3 is 1. The Balaban J connectivity index is 0.000000352. The number of benzene rings is 2. The number of rotatable bonds is 8. The number of carbonyl (C=O) groups excluding carboxylic acids is 1. The quantitative estimate of drug-likeness (QED) is 0.423. The Kier molecular flexibility index (Phi) is 10.6. The number of hydrogen-bond acceptors (Lipinski definition) is 7. The molecule has 3 aromatic rings. The van der Waals surface area contributed by atoms with Crippen LogP contribution in [0.3, 0.4) is 0 Å². The van der Waals surface area contributed by atoms with Gasteiger partial charge in [-0.15, -0.1) is 0 Å². The van der Waals surface area contributed by atoms with E-state index in [9.17, 15) is 26.4 Å². The fourth-order valence-electron chi connectivity index (χ4n) is 3.01. The van der Waals surface area contributed by atoms with E-state index in [0.717, 1.165) is 12.5 Å². The minimum absolute atomic E-state index is 0.0441. The first-order valence-corrected chi connectivity index (χ1v) is 12.8. The lowest BCUT2D eigenvalue weighted by molar-refractivity contribution is -0.141. The van der Waals surface area contributed by atoms with Crippen LogP contribution in [0.25, 0.3) is 0 Å². The number of alkyl halides is 3. The van der Waals surface area contributed by atoms with Gasteiger partial charge in [0.15, 0.2) is 0 Å². The maximum atomic E-state index is 12.9. The number of para-hydroxylation sites is 3. The topological polar surface area (TPSA) is 122 Å². The highest BCUT2D eigenvalue weighted by Gasteiger charge is 2.32. The monoisotopic (exact) mass is 550 g/mol. The van der Waals surface area contributed by atoms with Crippen molar-refractivity contribution >= 4 is 21.6 Å². The van der Waals surface area contributed by atoms with Crippen molar-refractivity contribution in [2.24, 2.45) is 0 Å². The van der Waals surface area contributed by atoms with E-state index in [4.69, 9.17) is 14.7 Å². The Morgan fingerprint density at radius 2 is 1.74 bits per heavy atom. The van der Waals surface area contributed by atoms with E-state index in [1.165, 1.54) is 11.0 Å². The van der Waals surface area contributed by atoms with Gasteiger partial charge in [0, 0.05) is 19.8 Å². The Hall–Kier alpha value is -4.15. The molecule has 0 aliphatic heterocycles. The van der Waals surface area contributed by atoms with Gasteiger partial charge >= 0.3 is 6.18 Å². The largest absolute Gasteiger partial charge is 0.495 e. The highest BCUT2D eigenvalue weighted by atomic mass is 32.2. The van der Waals surface area contributed by atoms with E-state index in [1.807, 2.05) is 12.1 Å². The van der Waals surface area contributed by atoms with E-state index in [-0.39, 0.29) is 24.6 Å². The summed E-state index contributed by atoms with van der Waals surface area (Å²) in [5, 5.41) is 8.28. The first-order valence-electron chi connectivity index (χ1n) is 10.9. The third-order valence-corrected chi connectivity index (χ3v) is 5.50. The lowest BCUT2D eigenvalue weighted by Gasteiger charge is -2.21. The Morgan fingerprint density at radius 1 is 1.11 bits per heavy atom. The SMILES string of the molecule is COc1ccccc1N(C)C(=O)c1ccccc1OCCNS(C)(=O)=O.N#Cc1ccnc(C(F)(F)F)c1. The molecule has 13 heteroatoms. The van der Waals surface area contributed by atoms with Crippen molar-refractivity contribution < 1.29 is 35.9 Å².